The summed E-state index contributed by atoms with van der Waals surface area (Å²) in [5, 5.41) is 8.66. The van der Waals surface area contributed by atoms with E-state index in [1.165, 1.54) is 25.1 Å². The fourth-order valence-corrected chi connectivity index (χ4v) is 2.02. The van der Waals surface area contributed by atoms with E-state index in [0.717, 1.165) is 12.8 Å². The molecule has 1 aromatic carbocycles. The van der Waals surface area contributed by atoms with Crippen molar-refractivity contribution in [2.75, 3.05) is 19.7 Å². The highest BCUT2D eigenvalue weighted by Crippen LogP contribution is 2.34. The maximum Gasteiger partial charge on any atom is 0.0476 e. The van der Waals surface area contributed by atoms with Gasteiger partial charge < -0.3 is 5.11 Å². The van der Waals surface area contributed by atoms with Crippen LogP contribution in [0, 0.1) is 0 Å². The summed E-state index contributed by atoms with van der Waals surface area (Å²) in [7, 11) is 0. The van der Waals surface area contributed by atoms with Gasteiger partial charge in [0.1, 0.15) is 0 Å². The Hall–Kier alpha value is -0.860. The summed E-state index contributed by atoms with van der Waals surface area (Å²) < 4.78 is 0. The Bertz CT molecular complexity index is 286. The quantitative estimate of drug-likeness (QED) is 0.568. The van der Waals surface area contributed by atoms with E-state index in [1.54, 1.807) is 0 Å². The van der Waals surface area contributed by atoms with Gasteiger partial charge in [0.2, 0.25) is 0 Å². The third-order valence-electron chi connectivity index (χ3n) is 3.00. The van der Waals surface area contributed by atoms with E-state index in [2.05, 4.69) is 35.2 Å². The van der Waals surface area contributed by atoms with Crippen molar-refractivity contribution in [2.24, 2.45) is 0 Å². The van der Waals surface area contributed by atoms with E-state index in [1.807, 2.05) is 0 Å². The van der Waals surface area contributed by atoms with Gasteiger partial charge in [0.15, 0.2) is 0 Å². The fourth-order valence-electron chi connectivity index (χ4n) is 2.02. The highest BCUT2D eigenvalue weighted by atomic mass is 16.2. The van der Waals surface area contributed by atoms with Crippen molar-refractivity contribution in [3.8, 4) is 0 Å². The van der Waals surface area contributed by atoms with Gasteiger partial charge >= 0.3 is 0 Å². The van der Waals surface area contributed by atoms with Crippen molar-refractivity contribution in [3.63, 3.8) is 0 Å². The molecule has 1 aromatic rings. The number of aliphatic hydroxyl groups excluding tert-OH is 1. The van der Waals surface area contributed by atoms with Crippen LogP contribution in [-0.4, -0.2) is 29.7 Å². The van der Waals surface area contributed by atoms with Crippen molar-refractivity contribution in [1.29, 1.82) is 0 Å². The van der Waals surface area contributed by atoms with E-state index in [-0.39, 0.29) is 0 Å². The van der Waals surface area contributed by atoms with Crippen LogP contribution in [0.15, 0.2) is 30.3 Å². The van der Waals surface area contributed by atoms with E-state index < -0.39 is 0 Å². The number of hydrogen-bond donors (Lipinski definition) is 1. The molecule has 0 spiro atoms. The molecule has 1 fully saturated rings. The summed E-state index contributed by atoms with van der Waals surface area (Å²) in [5.41, 5.74) is 1.44. The molecule has 2 atom stereocenters. The third-order valence-corrected chi connectivity index (χ3v) is 3.00. The third kappa shape index (κ3) is 3.05. The molecule has 0 amide bonds. The molecule has 1 heterocycles. The molecule has 0 aromatic heterocycles. The second-order valence-electron chi connectivity index (χ2n) is 4.21. The monoisotopic (exact) mass is 205 g/mol. The highest BCUT2D eigenvalue weighted by Gasteiger charge is 2.33. The smallest absolute Gasteiger partial charge is 0.0476 e. The van der Waals surface area contributed by atoms with Gasteiger partial charge in [-0.05, 0) is 31.4 Å². The van der Waals surface area contributed by atoms with Crippen molar-refractivity contribution in [3.05, 3.63) is 35.9 Å². The zero-order valence-corrected chi connectivity index (χ0v) is 9.10. The molecular weight excluding hydrogens is 186 g/mol. The predicted octanol–water partition coefficient (Wildman–Crippen LogP) is 2.21. The van der Waals surface area contributed by atoms with Crippen LogP contribution in [0.4, 0.5) is 0 Å². The Morgan fingerprint density at radius 3 is 2.67 bits per heavy atom. The molecular formula is C13H19NO. The van der Waals surface area contributed by atoms with Gasteiger partial charge in [0.05, 0.1) is 0 Å². The molecule has 1 saturated heterocycles. The largest absolute Gasteiger partial charge is 0.396 e. The van der Waals surface area contributed by atoms with Crippen molar-refractivity contribution in [1.82, 2.24) is 4.90 Å². The predicted molar refractivity (Wildman–Crippen MR) is 61.7 cm³/mol. The van der Waals surface area contributed by atoms with E-state index in [0.29, 0.717) is 12.6 Å². The molecule has 2 nitrogen and oxygen atoms in total. The van der Waals surface area contributed by atoms with Crippen LogP contribution in [0.3, 0.4) is 0 Å². The molecule has 2 unspecified atom stereocenters. The summed E-state index contributed by atoms with van der Waals surface area (Å²) in [6, 6.07) is 11.4. The molecule has 0 aliphatic carbocycles. The number of hydrogen-bond acceptors (Lipinski definition) is 2. The van der Waals surface area contributed by atoms with Gasteiger partial charge in [-0.15, -0.1) is 0 Å². The minimum absolute atomic E-state index is 0.335. The molecule has 1 aliphatic heterocycles. The van der Waals surface area contributed by atoms with E-state index >= 15 is 0 Å². The van der Waals surface area contributed by atoms with E-state index in [4.69, 9.17) is 5.11 Å². The molecule has 1 aliphatic rings. The average molecular weight is 205 g/mol. The Morgan fingerprint density at radius 1 is 1.13 bits per heavy atom. The molecule has 2 heteroatoms. The standard InChI is InChI=1S/C13H19NO/c15-10-6-2-5-9-14-11-13(14)12-7-3-1-4-8-12/h1,3-4,7-8,13,15H,2,5-6,9-11H2. The lowest BCUT2D eigenvalue weighted by Crippen LogP contribution is -2.01. The first kappa shape index (κ1) is 10.7. The second-order valence-corrected chi connectivity index (χ2v) is 4.21. The van der Waals surface area contributed by atoms with Gasteiger partial charge in [-0.3, -0.25) is 4.90 Å². The van der Waals surface area contributed by atoms with Gasteiger partial charge in [-0.25, -0.2) is 0 Å². The van der Waals surface area contributed by atoms with Crippen LogP contribution in [-0.2, 0) is 0 Å². The van der Waals surface area contributed by atoms with Gasteiger partial charge in [0.25, 0.3) is 0 Å². The number of benzene rings is 1. The zero-order valence-electron chi connectivity index (χ0n) is 9.10. The van der Waals surface area contributed by atoms with Crippen LogP contribution >= 0.6 is 0 Å². The Kier molecular flexibility index (Phi) is 3.75. The maximum absolute atomic E-state index is 8.66. The maximum atomic E-state index is 8.66. The highest BCUT2D eigenvalue weighted by molar-refractivity contribution is 5.23. The Balaban J connectivity index is 1.68. The first-order valence-corrected chi connectivity index (χ1v) is 5.81. The molecule has 0 bridgehead atoms. The minimum atomic E-state index is 0.335. The topological polar surface area (TPSA) is 23.2 Å². The van der Waals surface area contributed by atoms with Gasteiger partial charge in [-0.2, -0.15) is 0 Å². The van der Waals surface area contributed by atoms with Crippen LogP contribution in [0.1, 0.15) is 30.9 Å². The number of nitrogens with zero attached hydrogens (tertiary/aromatic N) is 1. The van der Waals surface area contributed by atoms with Crippen LogP contribution in [0.2, 0.25) is 0 Å². The lowest BCUT2D eigenvalue weighted by atomic mass is 10.2. The molecule has 1 N–H and O–H groups in total. The number of unbranched alkanes of at least 4 members (excludes halogenated alkanes) is 2. The summed E-state index contributed by atoms with van der Waals surface area (Å²) in [6.45, 7) is 2.73. The van der Waals surface area contributed by atoms with Crippen LogP contribution in [0.5, 0.6) is 0 Å². The Labute approximate surface area is 91.5 Å². The molecule has 2 rings (SSSR count). The molecule has 0 radical (unpaired) electrons. The first-order chi connectivity index (χ1) is 7.42. The lowest BCUT2D eigenvalue weighted by molar-refractivity contribution is 0.281. The number of aliphatic hydroxyl groups is 1. The van der Waals surface area contributed by atoms with Crippen LogP contribution in [0.25, 0.3) is 0 Å². The first-order valence-electron chi connectivity index (χ1n) is 5.81. The van der Waals surface area contributed by atoms with Crippen molar-refractivity contribution < 1.29 is 5.11 Å². The summed E-state index contributed by atoms with van der Waals surface area (Å²) in [5.74, 6) is 0. The minimum Gasteiger partial charge on any atom is -0.396 e. The van der Waals surface area contributed by atoms with Gasteiger partial charge in [0, 0.05) is 19.2 Å². The lowest BCUT2D eigenvalue weighted by Gasteiger charge is -2.03. The molecule has 15 heavy (non-hydrogen) atoms. The van der Waals surface area contributed by atoms with Crippen molar-refractivity contribution in [2.45, 2.75) is 25.3 Å². The SMILES string of the molecule is OCCCCCN1CC1c1ccccc1. The van der Waals surface area contributed by atoms with Gasteiger partial charge in [-0.1, -0.05) is 30.3 Å². The second kappa shape index (κ2) is 5.29. The Morgan fingerprint density at radius 2 is 1.93 bits per heavy atom. The molecule has 82 valence electrons. The number of rotatable bonds is 6. The fraction of sp³-hybridized carbons (Fsp3) is 0.538. The van der Waals surface area contributed by atoms with Crippen molar-refractivity contribution >= 4 is 0 Å². The summed E-state index contributed by atoms with van der Waals surface area (Å²) >= 11 is 0. The normalized spacial score (nSPS) is 24.1. The summed E-state index contributed by atoms with van der Waals surface area (Å²) in [4.78, 5) is 2.49. The van der Waals surface area contributed by atoms with Crippen LogP contribution < -0.4 is 0 Å². The summed E-state index contributed by atoms with van der Waals surface area (Å²) in [6.07, 6.45) is 3.31. The zero-order chi connectivity index (χ0) is 10.5. The average Bonchev–Trinajstić information content (AvgIpc) is 3.05. The van der Waals surface area contributed by atoms with E-state index in [9.17, 15) is 0 Å². The molecule has 0 saturated carbocycles.